The summed E-state index contributed by atoms with van der Waals surface area (Å²) in [5.74, 6) is 0.497. The molecule has 0 radical (unpaired) electrons. The van der Waals surface area contributed by atoms with Crippen LogP contribution in [0.1, 0.15) is 56.8 Å². The molecule has 0 aliphatic carbocycles. The van der Waals surface area contributed by atoms with Gasteiger partial charge >= 0.3 is 0 Å². The molecule has 79 heavy (non-hydrogen) atoms. The van der Waals surface area contributed by atoms with Crippen molar-refractivity contribution in [1.82, 2.24) is 39.9 Å². The van der Waals surface area contributed by atoms with Gasteiger partial charge < -0.3 is 43.5 Å². The molecule has 2 aliphatic rings. The number of H-pyrrole nitrogens is 6. The van der Waals surface area contributed by atoms with Crippen molar-refractivity contribution in [3.8, 4) is 50.5 Å². The lowest BCUT2D eigenvalue weighted by Crippen LogP contribution is -2.05. The quantitative estimate of drug-likeness (QED) is 0.0894. The third kappa shape index (κ3) is 8.23. The Balaban J connectivity index is 0.919. The first kappa shape index (κ1) is 45.8. The van der Waals surface area contributed by atoms with E-state index in [4.69, 9.17) is 23.5 Å². The lowest BCUT2D eigenvalue weighted by molar-refractivity contribution is 0.414. The van der Waals surface area contributed by atoms with Crippen LogP contribution in [0.3, 0.4) is 0 Å². The largest absolute Gasteiger partial charge is 0.497 e. The number of benzene rings is 3. The first-order chi connectivity index (χ1) is 38.8. The van der Waals surface area contributed by atoms with Crippen LogP contribution >= 0.6 is 0 Å². The van der Waals surface area contributed by atoms with Crippen LogP contribution < -0.4 is 4.74 Å². The molecule has 0 spiro atoms. The van der Waals surface area contributed by atoms with Crippen LogP contribution in [0, 0.1) is 13.8 Å². The van der Waals surface area contributed by atoms with E-state index in [-0.39, 0.29) is 5.92 Å². The number of furan rings is 2. The smallest absolute Gasteiger partial charge is 0.139 e. The molecule has 0 unspecified atom stereocenters. The number of rotatable bonds is 8. The number of aromatic nitrogens is 8. The molecule has 0 fully saturated rings. The van der Waals surface area contributed by atoms with Crippen molar-refractivity contribution in [3.05, 3.63) is 233 Å². The average molecular weight is 1030 g/mol. The lowest BCUT2D eigenvalue weighted by atomic mass is 9.92. The Bertz CT molecular complexity index is 4560. The highest BCUT2D eigenvalue weighted by atomic mass is 16.5. The fourth-order valence-corrected chi connectivity index (χ4v) is 11.3. The molecule has 11 heteroatoms. The summed E-state index contributed by atoms with van der Waals surface area (Å²) in [6.07, 6.45) is 8.21. The molecule has 16 bridgehead atoms. The summed E-state index contributed by atoms with van der Waals surface area (Å²) < 4.78 is 19.8. The second-order valence-electron chi connectivity index (χ2n) is 20.4. The number of nitrogens with zero attached hydrogens (tertiary/aromatic N) is 2. The second-order valence-corrected chi connectivity index (χ2v) is 20.4. The summed E-state index contributed by atoms with van der Waals surface area (Å²) in [5, 5.41) is 0. The maximum absolute atomic E-state index is 7.06. The molecule has 0 atom stereocenters. The number of hydrogen-bond donors (Lipinski definition) is 6. The van der Waals surface area contributed by atoms with Gasteiger partial charge in [-0.15, -0.1) is 0 Å². The zero-order chi connectivity index (χ0) is 52.7. The minimum absolute atomic E-state index is 0.277. The van der Waals surface area contributed by atoms with E-state index < -0.39 is 0 Å². The summed E-state index contributed by atoms with van der Waals surface area (Å²) in [6, 6.07) is 63.3. The lowest BCUT2D eigenvalue weighted by Gasteiger charge is -2.16. The van der Waals surface area contributed by atoms with E-state index in [9.17, 15) is 0 Å². The van der Waals surface area contributed by atoms with Crippen LogP contribution in [0.15, 0.2) is 191 Å². The minimum Gasteiger partial charge on any atom is -0.497 e. The zero-order valence-electron chi connectivity index (χ0n) is 43.3. The maximum Gasteiger partial charge on any atom is 0.139 e. The van der Waals surface area contributed by atoms with Crippen molar-refractivity contribution in [2.24, 2.45) is 0 Å². The van der Waals surface area contributed by atoms with Crippen molar-refractivity contribution in [2.75, 3.05) is 7.11 Å². The molecule has 6 N–H and O–H groups in total. The van der Waals surface area contributed by atoms with Crippen molar-refractivity contribution >= 4 is 90.8 Å². The van der Waals surface area contributed by atoms with E-state index in [1.165, 1.54) is 11.1 Å². The van der Waals surface area contributed by atoms with Crippen molar-refractivity contribution in [2.45, 2.75) is 19.8 Å². The van der Waals surface area contributed by atoms with Crippen molar-refractivity contribution in [1.29, 1.82) is 0 Å². The van der Waals surface area contributed by atoms with E-state index >= 15 is 0 Å². The number of hydrogen-bond acceptors (Lipinski definition) is 5. The van der Waals surface area contributed by atoms with Crippen LogP contribution in [0.4, 0.5) is 0 Å². The van der Waals surface area contributed by atoms with E-state index in [2.05, 4.69) is 238 Å². The van der Waals surface area contributed by atoms with E-state index in [1.54, 1.807) is 7.11 Å². The predicted octanol–water partition coefficient (Wildman–Crippen LogP) is 17.4. The van der Waals surface area contributed by atoms with Gasteiger partial charge in [-0.2, -0.15) is 0 Å². The van der Waals surface area contributed by atoms with Gasteiger partial charge in [0.25, 0.3) is 0 Å². The molecule has 0 saturated carbocycles. The molecule has 13 aromatic rings. The van der Waals surface area contributed by atoms with Crippen LogP contribution in [-0.4, -0.2) is 47.0 Å². The van der Waals surface area contributed by atoms with E-state index in [0.717, 1.165) is 146 Å². The van der Waals surface area contributed by atoms with Gasteiger partial charge in [-0.1, -0.05) is 71.8 Å². The monoisotopic (exact) mass is 1030 g/mol. The fourth-order valence-electron chi connectivity index (χ4n) is 11.3. The topological polar surface area (TPSA) is 156 Å². The maximum atomic E-state index is 7.06. The Labute approximate surface area is 452 Å². The molecule has 2 aliphatic heterocycles. The van der Waals surface area contributed by atoms with Gasteiger partial charge in [0.1, 0.15) is 28.1 Å². The van der Waals surface area contributed by atoms with Gasteiger partial charge in [0.15, 0.2) is 0 Å². The van der Waals surface area contributed by atoms with Gasteiger partial charge in [0.05, 0.1) is 91.4 Å². The summed E-state index contributed by atoms with van der Waals surface area (Å²) >= 11 is 0. The van der Waals surface area contributed by atoms with Crippen LogP contribution in [0.5, 0.6) is 5.75 Å². The molecule has 11 nitrogen and oxygen atoms in total. The Morgan fingerprint density at radius 3 is 1.25 bits per heavy atom. The molecule has 10 aromatic heterocycles. The molecular weight excluding hydrogens is 977 g/mol. The molecule has 0 saturated heterocycles. The number of nitrogens with one attached hydrogen (secondary N) is 6. The van der Waals surface area contributed by atoms with Crippen LogP contribution in [0.2, 0.25) is 0 Å². The minimum atomic E-state index is -0.277. The second kappa shape index (κ2) is 18.4. The van der Waals surface area contributed by atoms with Gasteiger partial charge in [0.2, 0.25) is 0 Å². The third-order valence-electron chi connectivity index (χ3n) is 15.3. The third-order valence-corrected chi connectivity index (χ3v) is 15.3. The molecule has 12 heterocycles. The Kier molecular flexibility index (Phi) is 10.6. The SMILES string of the molecule is COc1ccc(C(c2ccc(-c3c4ccc(cc5nc(c6ccc([nH]6)c(-c6ccc(C)cc6)c6ccc3o6)C=C5)[nH]4)[nH]2)c2ccc(-c3c4ccc(cc5nc(c6ccc([nH]6)c(-c6ccc(C)cc6)c6ccc3o6)C=C5)[nH]4)[nH]2)cc1. The van der Waals surface area contributed by atoms with Gasteiger partial charge in [-0.05, 0) is 176 Å². The summed E-state index contributed by atoms with van der Waals surface area (Å²) in [7, 11) is 1.69. The first-order valence-electron chi connectivity index (χ1n) is 26.4. The van der Waals surface area contributed by atoms with Crippen LogP contribution in [-0.2, 0) is 0 Å². The number of fused-ring (bicyclic) bond motifs is 18. The standard InChI is InChI=1S/C68H50N8O3/c1-38-4-8-41(9-5-38)65-54-26-24-50(73-54)48-20-14-43(69-48)36-45-16-22-56(71-45)67(62-34-32-60(65)78-62)58-30-28-52(75-58)64(40-12-18-47(77-3)19-13-40)53-29-31-59(76-53)68-57-23-17-46(72-57)37-44-15-21-49(70-44)51-25-27-55(74-51)66(61-33-35-63(68)79-61)42-10-6-39(2)7-11-42/h4-37,64,71-76H,1-3H3. The van der Waals surface area contributed by atoms with Crippen molar-refractivity contribution < 1.29 is 13.6 Å². The van der Waals surface area contributed by atoms with Crippen molar-refractivity contribution in [3.63, 3.8) is 0 Å². The Morgan fingerprint density at radius 1 is 0.380 bits per heavy atom. The molecule has 380 valence electrons. The number of ether oxygens (including phenoxy) is 1. The first-order valence-corrected chi connectivity index (χ1v) is 26.4. The Hall–Kier alpha value is -10.5. The normalized spacial score (nSPS) is 12.3. The number of aryl methyl sites for hydroxylation is 2. The average Bonchev–Trinajstić information content (AvgIpc) is 4.43. The number of methoxy groups -OCH3 is 1. The van der Waals surface area contributed by atoms with E-state index in [0.29, 0.717) is 11.2 Å². The molecule has 15 rings (SSSR count). The number of aromatic amines is 6. The van der Waals surface area contributed by atoms with Crippen LogP contribution in [0.25, 0.3) is 136 Å². The van der Waals surface area contributed by atoms with E-state index in [1.807, 2.05) is 12.1 Å². The van der Waals surface area contributed by atoms with Gasteiger partial charge in [-0.3, -0.25) is 0 Å². The highest BCUT2D eigenvalue weighted by molar-refractivity contribution is 5.99. The van der Waals surface area contributed by atoms with Gasteiger partial charge in [-0.25, -0.2) is 9.97 Å². The summed E-state index contributed by atoms with van der Waals surface area (Å²) in [5.41, 5.74) is 26.5. The highest BCUT2D eigenvalue weighted by Gasteiger charge is 2.24. The fraction of sp³-hybridized carbons (Fsp3) is 0.0588. The summed E-state index contributed by atoms with van der Waals surface area (Å²) in [4.78, 5) is 32.6. The molecular formula is C68H50N8O3. The highest BCUT2D eigenvalue weighted by Crippen LogP contribution is 2.41. The molecule has 3 aromatic carbocycles. The molecule has 0 amide bonds. The summed E-state index contributed by atoms with van der Waals surface area (Å²) in [6.45, 7) is 4.21. The predicted molar refractivity (Wildman–Crippen MR) is 320 cm³/mol. The Morgan fingerprint density at radius 2 is 0.797 bits per heavy atom. The van der Waals surface area contributed by atoms with Gasteiger partial charge in [0, 0.05) is 33.5 Å². The zero-order valence-corrected chi connectivity index (χ0v) is 43.3.